The van der Waals surface area contributed by atoms with E-state index in [0.717, 1.165) is 10.8 Å². The number of fused-ring (bicyclic) bond motifs is 1. The Hall–Kier alpha value is -0.890. The van der Waals surface area contributed by atoms with Crippen molar-refractivity contribution in [2.45, 2.75) is 11.8 Å². The summed E-state index contributed by atoms with van der Waals surface area (Å²) in [5, 5.41) is 2.03. The second-order valence-corrected chi connectivity index (χ2v) is 4.74. The van der Waals surface area contributed by atoms with Gasteiger partial charge in [0.05, 0.1) is 0 Å². The SMILES string of the molecule is CC(Br)c1ccc2ccc(F)cc2c1. The second-order valence-electron chi connectivity index (χ2n) is 3.37. The van der Waals surface area contributed by atoms with Crippen LogP contribution in [-0.2, 0) is 0 Å². The minimum absolute atomic E-state index is 0.183. The van der Waals surface area contributed by atoms with Gasteiger partial charge in [-0.2, -0.15) is 0 Å². The molecule has 72 valence electrons. The monoisotopic (exact) mass is 252 g/mol. The first kappa shape index (κ1) is 9.66. The van der Waals surface area contributed by atoms with E-state index in [1.54, 1.807) is 12.1 Å². The van der Waals surface area contributed by atoms with Crippen LogP contribution in [-0.4, -0.2) is 0 Å². The van der Waals surface area contributed by atoms with E-state index in [-0.39, 0.29) is 5.82 Å². The molecular weight excluding hydrogens is 243 g/mol. The Morgan fingerprint density at radius 2 is 1.79 bits per heavy atom. The Kier molecular flexibility index (Phi) is 2.55. The average molecular weight is 253 g/mol. The molecule has 2 heteroatoms. The highest BCUT2D eigenvalue weighted by Crippen LogP contribution is 2.25. The highest BCUT2D eigenvalue weighted by molar-refractivity contribution is 9.09. The standard InChI is InChI=1S/C12H10BrF/c1-8(13)10-3-2-9-4-5-12(14)7-11(9)6-10/h2-8H,1H3. The summed E-state index contributed by atoms with van der Waals surface area (Å²) in [6.07, 6.45) is 0. The Balaban J connectivity index is 2.63. The number of benzene rings is 2. The van der Waals surface area contributed by atoms with Crippen LogP contribution in [0.3, 0.4) is 0 Å². The molecule has 0 saturated carbocycles. The molecule has 14 heavy (non-hydrogen) atoms. The molecule has 0 saturated heterocycles. The summed E-state index contributed by atoms with van der Waals surface area (Å²) >= 11 is 3.49. The molecule has 0 nitrogen and oxygen atoms in total. The summed E-state index contributed by atoms with van der Waals surface area (Å²) in [5.74, 6) is -0.183. The third kappa shape index (κ3) is 1.80. The van der Waals surface area contributed by atoms with Crippen LogP contribution in [0.2, 0.25) is 0 Å². The van der Waals surface area contributed by atoms with Crippen LogP contribution < -0.4 is 0 Å². The fraction of sp³-hybridized carbons (Fsp3) is 0.167. The number of alkyl halides is 1. The van der Waals surface area contributed by atoms with Gasteiger partial charge in [-0.05, 0) is 41.5 Å². The minimum atomic E-state index is -0.183. The molecule has 1 atom stereocenters. The second kappa shape index (κ2) is 3.70. The average Bonchev–Trinajstić information content (AvgIpc) is 2.16. The Labute approximate surface area is 90.9 Å². The molecule has 2 aromatic rings. The highest BCUT2D eigenvalue weighted by atomic mass is 79.9. The van der Waals surface area contributed by atoms with E-state index < -0.39 is 0 Å². The fourth-order valence-electron chi connectivity index (χ4n) is 1.48. The maximum atomic E-state index is 13.0. The summed E-state index contributed by atoms with van der Waals surface area (Å²) in [6.45, 7) is 2.06. The molecule has 0 aliphatic heterocycles. The third-order valence-corrected chi connectivity index (χ3v) is 2.81. The van der Waals surface area contributed by atoms with E-state index in [4.69, 9.17) is 0 Å². The summed E-state index contributed by atoms with van der Waals surface area (Å²) in [4.78, 5) is 0.301. The fourth-order valence-corrected chi connectivity index (χ4v) is 1.77. The largest absolute Gasteiger partial charge is 0.207 e. The number of halogens is 2. The van der Waals surface area contributed by atoms with Gasteiger partial charge in [0.25, 0.3) is 0 Å². The first-order chi connectivity index (χ1) is 6.66. The molecule has 0 aliphatic rings. The van der Waals surface area contributed by atoms with Gasteiger partial charge in [0.15, 0.2) is 0 Å². The quantitative estimate of drug-likeness (QED) is 0.659. The number of hydrogen-bond donors (Lipinski definition) is 0. The lowest BCUT2D eigenvalue weighted by Crippen LogP contribution is -1.84. The van der Waals surface area contributed by atoms with Crippen LogP contribution in [0, 0.1) is 5.82 Å². The molecule has 2 aromatic carbocycles. The molecule has 0 radical (unpaired) electrons. The maximum absolute atomic E-state index is 13.0. The van der Waals surface area contributed by atoms with Crippen LogP contribution in [0.25, 0.3) is 10.8 Å². The van der Waals surface area contributed by atoms with Gasteiger partial charge in [-0.1, -0.05) is 34.1 Å². The minimum Gasteiger partial charge on any atom is -0.207 e. The zero-order chi connectivity index (χ0) is 10.1. The number of rotatable bonds is 1. The van der Waals surface area contributed by atoms with E-state index in [1.807, 2.05) is 12.1 Å². The topological polar surface area (TPSA) is 0 Å². The molecule has 0 aliphatic carbocycles. The Bertz CT molecular complexity index is 463. The van der Waals surface area contributed by atoms with Gasteiger partial charge in [0.2, 0.25) is 0 Å². The summed E-state index contributed by atoms with van der Waals surface area (Å²) in [6, 6.07) is 10.9. The molecule has 0 N–H and O–H groups in total. The van der Waals surface area contributed by atoms with Gasteiger partial charge < -0.3 is 0 Å². The smallest absolute Gasteiger partial charge is 0.123 e. The third-order valence-electron chi connectivity index (χ3n) is 2.29. The highest BCUT2D eigenvalue weighted by Gasteiger charge is 2.02. The van der Waals surface area contributed by atoms with Crippen molar-refractivity contribution in [3.8, 4) is 0 Å². The van der Waals surface area contributed by atoms with Crippen LogP contribution in [0.15, 0.2) is 36.4 Å². The van der Waals surface area contributed by atoms with Crippen LogP contribution in [0.1, 0.15) is 17.3 Å². The first-order valence-electron chi connectivity index (χ1n) is 4.50. The van der Waals surface area contributed by atoms with E-state index >= 15 is 0 Å². The molecule has 1 unspecified atom stereocenters. The Morgan fingerprint density at radius 3 is 2.50 bits per heavy atom. The first-order valence-corrected chi connectivity index (χ1v) is 5.41. The predicted molar refractivity (Wildman–Crippen MR) is 61.2 cm³/mol. The summed E-state index contributed by atoms with van der Waals surface area (Å²) < 4.78 is 13.0. The zero-order valence-electron chi connectivity index (χ0n) is 7.80. The van der Waals surface area contributed by atoms with Crippen molar-refractivity contribution >= 4 is 26.7 Å². The zero-order valence-corrected chi connectivity index (χ0v) is 9.38. The lowest BCUT2D eigenvalue weighted by molar-refractivity contribution is 0.630. The normalized spacial score (nSPS) is 13.1. The van der Waals surface area contributed by atoms with Crippen molar-refractivity contribution in [1.82, 2.24) is 0 Å². The predicted octanol–water partition coefficient (Wildman–Crippen LogP) is 4.43. The van der Waals surface area contributed by atoms with E-state index in [1.165, 1.54) is 11.6 Å². The lowest BCUT2D eigenvalue weighted by atomic mass is 10.1. The van der Waals surface area contributed by atoms with Crippen molar-refractivity contribution in [2.75, 3.05) is 0 Å². The molecular formula is C12H10BrF. The molecule has 0 amide bonds. The van der Waals surface area contributed by atoms with E-state index in [0.29, 0.717) is 4.83 Å². The molecule has 0 bridgehead atoms. The molecule has 0 aromatic heterocycles. The van der Waals surface area contributed by atoms with Gasteiger partial charge in [0, 0.05) is 4.83 Å². The van der Waals surface area contributed by atoms with Crippen LogP contribution in [0.5, 0.6) is 0 Å². The van der Waals surface area contributed by atoms with Crippen molar-refractivity contribution in [1.29, 1.82) is 0 Å². The lowest BCUT2D eigenvalue weighted by Gasteiger charge is -2.05. The summed E-state index contributed by atoms with van der Waals surface area (Å²) in [5.41, 5.74) is 1.17. The molecule has 2 rings (SSSR count). The van der Waals surface area contributed by atoms with Crippen LogP contribution >= 0.6 is 15.9 Å². The van der Waals surface area contributed by atoms with Gasteiger partial charge in [-0.15, -0.1) is 0 Å². The van der Waals surface area contributed by atoms with Gasteiger partial charge >= 0.3 is 0 Å². The van der Waals surface area contributed by atoms with Crippen molar-refractivity contribution in [3.63, 3.8) is 0 Å². The van der Waals surface area contributed by atoms with Gasteiger partial charge in [-0.3, -0.25) is 0 Å². The number of hydrogen-bond acceptors (Lipinski definition) is 0. The Morgan fingerprint density at radius 1 is 1.07 bits per heavy atom. The van der Waals surface area contributed by atoms with Crippen molar-refractivity contribution in [2.24, 2.45) is 0 Å². The summed E-state index contributed by atoms with van der Waals surface area (Å²) in [7, 11) is 0. The van der Waals surface area contributed by atoms with E-state index in [2.05, 4.69) is 28.9 Å². The van der Waals surface area contributed by atoms with Gasteiger partial charge in [0.1, 0.15) is 5.82 Å². The van der Waals surface area contributed by atoms with Crippen molar-refractivity contribution in [3.05, 3.63) is 47.8 Å². The van der Waals surface area contributed by atoms with E-state index in [9.17, 15) is 4.39 Å². The van der Waals surface area contributed by atoms with Crippen LogP contribution in [0.4, 0.5) is 4.39 Å². The van der Waals surface area contributed by atoms with Gasteiger partial charge in [-0.25, -0.2) is 4.39 Å². The maximum Gasteiger partial charge on any atom is 0.123 e. The molecule has 0 fully saturated rings. The molecule has 0 spiro atoms. The molecule has 0 heterocycles. The van der Waals surface area contributed by atoms with Crippen molar-refractivity contribution < 1.29 is 4.39 Å².